The van der Waals surface area contributed by atoms with Crippen molar-refractivity contribution >= 4 is 23.7 Å². The Morgan fingerprint density at radius 3 is 2.52 bits per heavy atom. The molecule has 0 bridgehead atoms. The number of carbonyl (C=O) groups is 1. The molecule has 0 saturated carbocycles. The average Bonchev–Trinajstić information content (AvgIpc) is 2.79. The van der Waals surface area contributed by atoms with E-state index in [0.29, 0.717) is 29.5 Å². The summed E-state index contributed by atoms with van der Waals surface area (Å²) < 4.78 is 11.4. The second-order valence-electron chi connectivity index (χ2n) is 6.91. The number of hydrogen-bond donors (Lipinski definition) is 1. The van der Waals surface area contributed by atoms with Crippen LogP contribution in [-0.2, 0) is 6.61 Å². The lowest BCUT2D eigenvalue weighted by Crippen LogP contribution is -2.17. The van der Waals surface area contributed by atoms with Gasteiger partial charge in [0.2, 0.25) is 0 Å². The maximum atomic E-state index is 12.3. The van der Waals surface area contributed by atoms with Crippen LogP contribution in [0.3, 0.4) is 0 Å². The number of rotatable bonds is 10. The van der Waals surface area contributed by atoms with Gasteiger partial charge in [0.05, 0.1) is 12.8 Å². The van der Waals surface area contributed by atoms with Gasteiger partial charge < -0.3 is 9.47 Å². The Bertz CT molecular complexity index is 1000. The second-order valence-corrected chi connectivity index (χ2v) is 7.35. The molecule has 0 aliphatic rings. The summed E-state index contributed by atoms with van der Waals surface area (Å²) in [4.78, 5) is 12.3. The number of hydrazone groups is 1. The minimum Gasteiger partial charge on any atom is -0.494 e. The zero-order valence-electron chi connectivity index (χ0n) is 17.4. The van der Waals surface area contributed by atoms with Crippen LogP contribution >= 0.6 is 11.6 Å². The van der Waals surface area contributed by atoms with Gasteiger partial charge in [-0.05, 0) is 66.1 Å². The van der Waals surface area contributed by atoms with E-state index in [0.717, 1.165) is 29.7 Å². The Kier molecular flexibility index (Phi) is 8.49. The van der Waals surface area contributed by atoms with Gasteiger partial charge in [0.15, 0.2) is 0 Å². The fourth-order valence-corrected chi connectivity index (χ4v) is 2.82. The Balaban J connectivity index is 1.50. The van der Waals surface area contributed by atoms with Crippen LogP contribution in [-0.4, -0.2) is 18.7 Å². The minimum absolute atomic E-state index is 0.286. The fourth-order valence-electron chi connectivity index (χ4n) is 2.70. The lowest BCUT2D eigenvalue weighted by Gasteiger charge is -2.07. The number of amides is 1. The van der Waals surface area contributed by atoms with Crippen molar-refractivity contribution in [2.45, 2.75) is 26.4 Å². The molecule has 0 radical (unpaired) electrons. The number of hydrogen-bond acceptors (Lipinski definition) is 4. The highest BCUT2D eigenvalue weighted by Gasteiger charge is 2.04. The van der Waals surface area contributed by atoms with Gasteiger partial charge in [0.25, 0.3) is 5.91 Å². The zero-order valence-corrected chi connectivity index (χ0v) is 18.1. The number of ether oxygens (including phenoxy) is 2. The molecule has 0 aliphatic carbocycles. The molecule has 0 spiro atoms. The molecule has 3 aromatic carbocycles. The van der Waals surface area contributed by atoms with Crippen molar-refractivity contribution in [3.05, 3.63) is 94.5 Å². The molecular weight excluding hydrogens is 412 g/mol. The minimum atomic E-state index is -0.286. The summed E-state index contributed by atoms with van der Waals surface area (Å²) in [6, 6.07) is 22.0. The molecule has 0 aromatic heterocycles. The molecule has 6 heteroatoms. The Morgan fingerprint density at radius 1 is 1.00 bits per heavy atom. The largest absolute Gasteiger partial charge is 0.494 e. The first kappa shape index (κ1) is 22.4. The standard InChI is InChI=1S/C25H25ClN2O3/c1-2-3-15-30-23-13-9-21(10-14-23)25(29)28-27-17-20-5-4-6-24(16-20)31-18-19-7-11-22(26)12-8-19/h4-14,16-17H,2-3,15,18H2,1H3,(H,28,29). The summed E-state index contributed by atoms with van der Waals surface area (Å²) in [6.45, 7) is 3.23. The van der Waals surface area contributed by atoms with Crippen LogP contribution in [0.4, 0.5) is 0 Å². The van der Waals surface area contributed by atoms with Crippen LogP contribution in [0, 0.1) is 0 Å². The Morgan fingerprint density at radius 2 is 1.77 bits per heavy atom. The van der Waals surface area contributed by atoms with Gasteiger partial charge in [-0.3, -0.25) is 4.79 Å². The average molecular weight is 437 g/mol. The fraction of sp³-hybridized carbons (Fsp3) is 0.200. The highest BCUT2D eigenvalue weighted by molar-refractivity contribution is 6.30. The summed E-state index contributed by atoms with van der Waals surface area (Å²) in [5.41, 5.74) is 4.89. The third-order valence-corrected chi connectivity index (χ3v) is 4.69. The SMILES string of the molecule is CCCCOc1ccc(C(=O)NN=Cc2cccc(OCc3ccc(Cl)cc3)c2)cc1. The molecule has 3 aromatic rings. The van der Waals surface area contributed by atoms with Crippen molar-refractivity contribution in [1.29, 1.82) is 0 Å². The van der Waals surface area contributed by atoms with Crippen molar-refractivity contribution < 1.29 is 14.3 Å². The van der Waals surface area contributed by atoms with E-state index in [-0.39, 0.29) is 5.91 Å². The molecule has 1 N–H and O–H groups in total. The highest BCUT2D eigenvalue weighted by atomic mass is 35.5. The molecule has 0 heterocycles. The van der Waals surface area contributed by atoms with E-state index in [9.17, 15) is 4.79 Å². The lowest BCUT2D eigenvalue weighted by molar-refractivity contribution is 0.0955. The molecule has 0 fully saturated rings. The Labute approximate surface area is 187 Å². The zero-order chi connectivity index (χ0) is 21.9. The van der Waals surface area contributed by atoms with Crippen LogP contribution in [0.2, 0.25) is 5.02 Å². The van der Waals surface area contributed by atoms with E-state index >= 15 is 0 Å². The van der Waals surface area contributed by atoms with Crippen molar-refractivity contribution in [3.63, 3.8) is 0 Å². The number of nitrogens with zero attached hydrogens (tertiary/aromatic N) is 1. The molecule has 0 aliphatic heterocycles. The van der Waals surface area contributed by atoms with Crippen LogP contribution in [0.15, 0.2) is 77.9 Å². The third kappa shape index (κ3) is 7.46. The van der Waals surface area contributed by atoms with E-state index in [2.05, 4.69) is 17.5 Å². The van der Waals surface area contributed by atoms with Crippen molar-refractivity contribution in [2.24, 2.45) is 5.10 Å². The maximum Gasteiger partial charge on any atom is 0.271 e. The van der Waals surface area contributed by atoms with Crippen LogP contribution in [0.1, 0.15) is 41.3 Å². The summed E-state index contributed by atoms with van der Waals surface area (Å²) in [5, 5.41) is 4.74. The van der Waals surface area contributed by atoms with E-state index in [1.54, 1.807) is 30.5 Å². The van der Waals surface area contributed by atoms with Gasteiger partial charge in [-0.1, -0.05) is 49.2 Å². The first-order chi connectivity index (χ1) is 15.1. The number of unbranched alkanes of at least 4 members (excludes halogenated alkanes) is 1. The van der Waals surface area contributed by atoms with Crippen molar-refractivity contribution in [1.82, 2.24) is 5.43 Å². The molecule has 0 saturated heterocycles. The summed E-state index contributed by atoms with van der Waals surface area (Å²) in [5.74, 6) is 1.18. The molecule has 5 nitrogen and oxygen atoms in total. The van der Waals surface area contributed by atoms with Crippen LogP contribution < -0.4 is 14.9 Å². The van der Waals surface area contributed by atoms with Crippen LogP contribution in [0.5, 0.6) is 11.5 Å². The molecule has 160 valence electrons. The Hall–Kier alpha value is -3.31. The topological polar surface area (TPSA) is 59.9 Å². The first-order valence-corrected chi connectivity index (χ1v) is 10.6. The molecule has 0 atom stereocenters. The normalized spacial score (nSPS) is 10.8. The van der Waals surface area contributed by atoms with Crippen molar-refractivity contribution in [2.75, 3.05) is 6.61 Å². The van der Waals surface area contributed by atoms with Crippen LogP contribution in [0.25, 0.3) is 0 Å². The molecule has 3 rings (SSSR count). The van der Waals surface area contributed by atoms with Gasteiger partial charge in [-0.2, -0.15) is 5.10 Å². The van der Waals surface area contributed by atoms with Gasteiger partial charge in [0, 0.05) is 10.6 Å². The van der Waals surface area contributed by atoms with Gasteiger partial charge in [-0.25, -0.2) is 5.43 Å². The first-order valence-electron chi connectivity index (χ1n) is 10.2. The monoisotopic (exact) mass is 436 g/mol. The van der Waals surface area contributed by atoms with E-state index in [4.69, 9.17) is 21.1 Å². The van der Waals surface area contributed by atoms with Crippen molar-refractivity contribution in [3.8, 4) is 11.5 Å². The summed E-state index contributed by atoms with van der Waals surface area (Å²) >= 11 is 5.90. The predicted molar refractivity (Wildman–Crippen MR) is 124 cm³/mol. The number of benzene rings is 3. The lowest BCUT2D eigenvalue weighted by atomic mass is 10.2. The molecule has 0 unspecified atom stereocenters. The van der Waals surface area contributed by atoms with E-state index < -0.39 is 0 Å². The predicted octanol–water partition coefficient (Wildman–Crippen LogP) is 5.86. The molecule has 31 heavy (non-hydrogen) atoms. The molecular formula is C25H25ClN2O3. The number of nitrogens with one attached hydrogen (secondary N) is 1. The van der Waals surface area contributed by atoms with Gasteiger partial charge in [-0.15, -0.1) is 0 Å². The molecule has 1 amide bonds. The maximum absolute atomic E-state index is 12.3. The van der Waals surface area contributed by atoms with Gasteiger partial charge in [0.1, 0.15) is 18.1 Å². The summed E-state index contributed by atoms with van der Waals surface area (Å²) in [6.07, 6.45) is 3.66. The quantitative estimate of drug-likeness (QED) is 0.246. The summed E-state index contributed by atoms with van der Waals surface area (Å²) in [7, 11) is 0. The second kappa shape index (κ2) is 11.8. The number of carbonyl (C=O) groups excluding carboxylic acids is 1. The van der Waals surface area contributed by atoms with Gasteiger partial charge >= 0.3 is 0 Å². The third-order valence-electron chi connectivity index (χ3n) is 4.44. The van der Waals surface area contributed by atoms with E-state index in [1.165, 1.54) is 0 Å². The highest BCUT2D eigenvalue weighted by Crippen LogP contribution is 2.16. The smallest absolute Gasteiger partial charge is 0.271 e. The van der Waals surface area contributed by atoms with E-state index in [1.807, 2.05) is 48.5 Å². The number of halogens is 1.